The molecule has 3 aromatic rings. The number of aromatic nitrogens is 3. The minimum Gasteiger partial charge on any atom is -0.484 e. The summed E-state index contributed by atoms with van der Waals surface area (Å²) in [7, 11) is 0. The van der Waals surface area contributed by atoms with Crippen LogP contribution in [-0.2, 0) is 12.8 Å². The standard InChI is InChI=1S/C17H13ClF4N4O2S/c1-2-29-16-25-24-15(17(20,21)22)26(16)23-8-11-4-5-12(28-11)9-27-14-6-3-10(19)7-13(14)18/h3-8H,2,9H2,1H3/b23-8+. The van der Waals surface area contributed by atoms with E-state index in [2.05, 4.69) is 15.3 Å². The van der Waals surface area contributed by atoms with Gasteiger partial charge in [-0.1, -0.05) is 30.3 Å². The van der Waals surface area contributed by atoms with Crippen molar-refractivity contribution in [1.82, 2.24) is 14.9 Å². The lowest BCUT2D eigenvalue weighted by Crippen LogP contribution is -2.13. The second-order valence-corrected chi connectivity index (χ2v) is 7.10. The number of ether oxygens (including phenoxy) is 1. The van der Waals surface area contributed by atoms with Crippen molar-refractivity contribution >= 4 is 29.6 Å². The van der Waals surface area contributed by atoms with Crippen LogP contribution in [0.2, 0.25) is 5.02 Å². The highest BCUT2D eigenvalue weighted by Crippen LogP contribution is 2.30. The van der Waals surface area contributed by atoms with Gasteiger partial charge in [0.05, 0.1) is 11.2 Å². The maximum absolute atomic E-state index is 13.1. The zero-order valence-corrected chi connectivity index (χ0v) is 16.4. The van der Waals surface area contributed by atoms with Crippen molar-refractivity contribution in [3.63, 3.8) is 0 Å². The Labute approximate surface area is 171 Å². The fourth-order valence-electron chi connectivity index (χ4n) is 2.16. The second-order valence-electron chi connectivity index (χ2n) is 5.46. The topological polar surface area (TPSA) is 65.4 Å². The van der Waals surface area contributed by atoms with E-state index in [-0.39, 0.29) is 28.3 Å². The molecule has 0 aliphatic rings. The third kappa shape index (κ3) is 5.30. The summed E-state index contributed by atoms with van der Waals surface area (Å²) >= 11 is 6.95. The molecule has 0 aliphatic carbocycles. The molecule has 0 spiro atoms. The summed E-state index contributed by atoms with van der Waals surface area (Å²) < 4.78 is 63.8. The highest BCUT2D eigenvalue weighted by molar-refractivity contribution is 7.99. The first-order valence-electron chi connectivity index (χ1n) is 8.14. The molecule has 2 aromatic heterocycles. The van der Waals surface area contributed by atoms with E-state index >= 15 is 0 Å². The first-order chi connectivity index (χ1) is 13.8. The Bertz CT molecular complexity index is 1020. The minimum absolute atomic E-state index is 0.0112. The summed E-state index contributed by atoms with van der Waals surface area (Å²) in [6, 6.07) is 6.77. The third-order valence-electron chi connectivity index (χ3n) is 3.39. The number of alkyl halides is 3. The predicted molar refractivity (Wildman–Crippen MR) is 98.9 cm³/mol. The molecule has 1 aromatic carbocycles. The van der Waals surface area contributed by atoms with Crippen LogP contribution in [0.1, 0.15) is 24.3 Å². The lowest BCUT2D eigenvalue weighted by molar-refractivity contribution is -0.147. The van der Waals surface area contributed by atoms with E-state index in [4.69, 9.17) is 20.8 Å². The Morgan fingerprint density at radius 1 is 1.28 bits per heavy atom. The molecule has 0 atom stereocenters. The predicted octanol–water partition coefficient (Wildman–Crippen LogP) is 5.26. The smallest absolute Gasteiger partial charge is 0.453 e. The number of hydrogen-bond acceptors (Lipinski definition) is 6. The molecule has 3 rings (SSSR count). The van der Waals surface area contributed by atoms with Crippen LogP contribution >= 0.6 is 23.4 Å². The number of furan rings is 1. The average molecular weight is 449 g/mol. The molecule has 0 saturated heterocycles. The number of thioether (sulfide) groups is 1. The van der Waals surface area contributed by atoms with E-state index in [0.717, 1.165) is 24.0 Å². The molecule has 29 heavy (non-hydrogen) atoms. The van der Waals surface area contributed by atoms with Crippen molar-refractivity contribution in [3.8, 4) is 5.75 Å². The summed E-state index contributed by atoms with van der Waals surface area (Å²) in [5, 5.41) is 10.6. The zero-order valence-electron chi connectivity index (χ0n) is 14.8. The molecular weight excluding hydrogens is 436 g/mol. The van der Waals surface area contributed by atoms with Gasteiger partial charge in [0.1, 0.15) is 29.7 Å². The van der Waals surface area contributed by atoms with Gasteiger partial charge in [-0.3, -0.25) is 0 Å². The number of benzene rings is 1. The summed E-state index contributed by atoms with van der Waals surface area (Å²) in [6.45, 7) is 1.75. The SMILES string of the molecule is CCSc1nnc(C(F)(F)F)n1/N=C/c1ccc(COc2ccc(F)cc2Cl)o1. The first kappa shape index (κ1) is 21.2. The zero-order chi connectivity index (χ0) is 21.0. The van der Waals surface area contributed by atoms with Crippen LogP contribution in [-0.4, -0.2) is 26.8 Å². The largest absolute Gasteiger partial charge is 0.484 e. The highest BCUT2D eigenvalue weighted by Gasteiger charge is 2.38. The molecule has 0 amide bonds. The van der Waals surface area contributed by atoms with Crippen molar-refractivity contribution in [1.29, 1.82) is 0 Å². The molecular formula is C17H13ClF4N4O2S. The van der Waals surface area contributed by atoms with Crippen LogP contribution in [0, 0.1) is 5.82 Å². The normalized spacial score (nSPS) is 12.1. The maximum Gasteiger partial charge on any atom is 0.453 e. The highest BCUT2D eigenvalue weighted by atomic mass is 35.5. The molecule has 12 heteroatoms. The van der Waals surface area contributed by atoms with E-state index in [1.165, 1.54) is 18.2 Å². The second kappa shape index (κ2) is 8.87. The summed E-state index contributed by atoms with van der Waals surface area (Å²) in [5.74, 6) is -0.393. The maximum atomic E-state index is 13.1. The molecule has 0 saturated carbocycles. The Balaban J connectivity index is 1.73. The molecule has 0 unspecified atom stereocenters. The van der Waals surface area contributed by atoms with Gasteiger partial charge in [-0.15, -0.1) is 10.2 Å². The van der Waals surface area contributed by atoms with Gasteiger partial charge in [0.2, 0.25) is 5.16 Å². The quantitative estimate of drug-likeness (QED) is 0.280. The Kier molecular flexibility index (Phi) is 6.48. The lowest BCUT2D eigenvalue weighted by Gasteiger charge is -2.06. The van der Waals surface area contributed by atoms with Crippen LogP contribution in [0.3, 0.4) is 0 Å². The van der Waals surface area contributed by atoms with Crippen LogP contribution < -0.4 is 4.74 Å². The first-order valence-corrected chi connectivity index (χ1v) is 9.50. The van der Waals surface area contributed by atoms with Gasteiger partial charge in [-0.2, -0.15) is 22.9 Å². The monoisotopic (exact) mass is 448 g/mol. The molecule has 0 bridgehead atoms. The van der Waals surface area contributed by atoms with Gasteiger partial charge in [0.15, 0.2) is 0 Å². The van der Waals surface area contributed by atoms with E-state index in [0.29, 0.717) is 16.2 Å². The van der Waals surface area contributed by atoms with Gasteiger partial charge >= 0.3 is 6.18 Å². The van der Waals surface area contributed by atoms with Gasteiger partial charge in [-0.25, -0.2) is 4.39 Å². The summed E-state index contributed by atoms with van der Waals surface area (Å²) in [6.07, 6.45) is -3.58. The third-order valence-corrected chi connectivity index (χ3v) is 4.48. The van der Waals surface area contributed by atoms with Gasteiger partial charge in [0.25, 0.3) is 5.82 Å². The van der Waals surface area contributed by atoms with Gasteiger partial charge in [0, 0.05) is 0 Å². The van der Waals surface area contributed by atoms with Crippen molar-refractivity contribution in [3.05, 3.63) is 58.5 Å². The van der Waals surface area contributed by atoms with Gasteiger partial charge < -0.3 is 9.15 Å². The number of rotatable bonds is 7. The molecule has 2 heterocycles. The van der Waals surface area contributed by atoms with Crippen LogP contribution in [0.25, 0.3) is 0 Å². The Morgan fingerprint density at radius 3 is 2.76 bits per heavy atom. The summed E-state index contributed by atoms with van der Waals surface area (Å²) in [4.78, 5) is 0. The Hall–Kier alpha value is -2.53. The van der Waals surface area contributed by atoms with E-state index in [1.54, 1.807) is 13.0 Å². The minimum atomic E-state index is -4.70. The fourth-order valence-corrected chi connectivity index (χ4v) is 3.00. The van der Waals surface area contributed by atoms with Crippen molar-refractivity contribution in [2.75, 3.05) is 5.75 Å². The van der Waals surface area contributed by atoms with Crippen molar-refractivity contribution < 1.29 is 26.7 Å². The van der Waals surface area contributed by atoms with E-state index in [1.807, 2.05) is 0 Å². The van der Waals surface area contributed by atoms with E-state index < -0.39 is 17.8 Å². The lowest BCUT2D eigenvalue weighted by atomic mass is 10.3. The van der Waals surface area contributed by atoms with Crippen LogP contribution in [0.5, 0.6) is 5.75 Å². The van der Waals surface area contributed by atoms with Crippen molar-refractivity contribution in [2.24, 2.45) is 5.10 Å². The molecule has 0 fully saturated rings. The van der Waals surface area contributed by atoms with Crippen LogP contribution in [0.4, 0.5) is 17.6 Å². The number of nitrogens with zero attached hydrogens (tertiary/aromatic N) is 4. The van der Waals surface area contributed by atoms with Crippen LogP contribution in [0.15, 0.2) is 45.0 Å². The number of halogens is 5. The summed E-state index contributed by atoms with van der Waals surface area (Å²) in [5.41, 5.74) is 0. The fraction of sp³-hybridized carbons (Fsp3) is 0.235. The van der Waals surface area contributed by atoms with E-state index in [9.17, 15) is 17.6 Å². The molecule has 0 N–H and O–H groups in total. The number of hydrogen-bond donors (Lipinski definition) is 0. The van der Waals surface area contributed by atoms with Gasteiger partial charge in [-0.05, 0) is 36.1 Å². The molecule has 0 aliphatic heterocycles. The molecule has 6 nitrogen and oxygen atoms in total. The molecule has 0 radical (unpaired) electrons. The van der Waals surface area contributed by atoms with Crippen molar-refractivity contribution in [2.45, 2.75) is 24.9 Å². The molecule has 154 valence electrons. The Morgan fingerprint density at radius 2 is 2.07 bits per heavy atom. The average Bonchev–Trinajstić information content (AvgIpc) is 3.26.